The lowest BCUT2D eigenvalue weighted by atomic mass is 10.1. The molecule has 0 unspecified atom stereocenters. The molecule has 0 amide bonds. The Kier molecular flexibility index (Phi) is 4.68. The number of carboxylic acid groups (broad SMARTS) is 1. The van der Waals surface area contributed by atoms with E-state index in [1.807, 2.05) is 30.5 Å². The van der Waals surface area contributed by atoms with Crippen LogP contribution in [0.1, 0.15) is 25.0 Å². The number of aryl methyl sites for hydroxylation is 1. The van der Waals surface area contributed by atoms with Gasteiger partial charge in [0.1, 0.15) is 0 Å². The van der Waals surface area contributed by atoms with Crippen LogP contribution in [-0.4, -0.2) is 26.1 Å². The molecule has 100 valence electrons. The molecule has 0 saturated heterocycles. The molecule has 0 saturated carbocycles. The zero-order valence-corrected chi connectivity index (χ0v) is 11.9. The summed E-state index contributed by atoms with van der Waals surface area (Å²) in [5, 5.41) is 16.7. The summed E-state index contributed by atoms with van der Waals surface area (Å²) in [4.78, 5) is 10.4. The molecule has 0 aliphatic heterocycles. The van der Waals surface area contributed by atoms with E-state index in [1.54, 1.807) is 4.68 Å². The minimum Gasteiger partial charge on any atom is -0.481 e. The maximum atomic E-state index is 10.4. The summed E-state index contributed by atoms with van der Waals surface area (Å²) in [5.41, 5.74) is 1.83. The van der Waals surface area contributed by atoms with Gasteiger partial charge in [-0.15, -0.1) is 5.10 Å². The first-order chi connectivity index (χ1) is 9.15. The van der Waals surface area contributed by atoms with Crippen molar-refractivity contribution in [3.8, 4) is 5.69 Å². The highest BCUT2D eigenvalue weighted by molar-refractivity contribution is 9.10. The van der Waals surface area contributed by atoms with Crippen molar-refractivity contribution in [2.24, 2.45) is 0 Å². The number of aromatic nitrogens is 3. The molecule has 0 aliphatic carbocycles. The summed E-state index contributed by atoms with van der Waals surface area (Å²) in [5.74, 6) is -0.751. The third-order valence-electron chi connectivity index (χ3n) is 2.71. The first-order valence-electron chi connectivity index (χ1n) is 6.04. The molecule has 0 radical (unpaired) electrons. The van der Waals surface area contributed by atoms with E-state index in [0.717, 1.165) is 28.7 Å². The number of aliphatic carboxylic acids is 1. The van der Waals surface area contributed by atoms with E-state index < -0.39 is 5.97 Å². The van der Waals surface area contributed by atoms with Crippen LogP contribution in [0.4, 0.5) is 0 Å². The van der Waals surface area contributed by atoms with E-state index >= 15 is 0 Å². The van der Waals surface area contributed by atoms with Crippen molar-refractivity contribution in [3.05, 3.63) is 40.6 Å². The maximum Gasteiger partial charge on any atom is 0.303 e. The molecule has 2 rings (SSSR count). The topological polar surface area (TPSA) is 68.0 Å². The number of carbonyl (C=O) groups is 1. The lowest BCUT2D eigenvalue weighted by molar-refractivity contribution is -0.137. The van der Waals surface area contributed by atoms with Gasteiger partial charge in [-0.25, -0.2) is 4.68 Å². The first kappa shape index (κ1) is 13.7. The SMILES string of the molecule is O=C(O)CCCCc1cn(-c2ccc(Br)cc2)nn1. The van der Waals surface area contributed by atoms with E-state index in [1.165, 1.54) is 0 Å². The smallest absolute Gasteiger partial charge is 0.303 e. The normalized spacial score (nSPS) is 10.6. The Bertz CT molecular complexity index is 551. The predicted octanol–water partition coefficient (Wildman–Crippen LogP) is 2.83. The van der Waals surface area contributed by atoms with Crippen molar-refractivity contribution in [2.45, 2.75) is 25.7 Å². The predicted molar refractivity (Wildman–Crippen MR) is 74.2 cm³/mol. The average molecular weight is 324 g/mol. The fourth-order valence-electron chi connectivity index (χ4n) is 1.72. The second kappa shape index (κ2) is 6.47. The molecule has 1 aromatic heterocycles. The number of hydrogen-bond acceptors (Lipinski definition) is 3. The first-order valence-corrected chi connectivity index (χ1v) is 6.83. The Morgan fingerprint density at radius 2 is 2.00 bits per heavy atom. The van der Waals surface area contributed by atoms with Crippen LogP contribution in [-0.2, 0) is 11.2 Å². The molecule has 1 N–H and O–H groups in total. The highest BCUT2D eigenvalue weighted by Gasteiger charge is 2.03. The minimum atomic E-state index is -0.751. The lowest BCUT2D eigenvalue weighted by Crippen LogP contribution is -1.95. The van der Waals surface area contributed by atoms with Crippen molar-refractivity contribution < 1.29 is 9.90 Å². The molecule has 2 aromatic rings. The van der Waals surface area contributed by atoms with Gasteiger partial charge in [0.15, 0.2) is 0 Å². The van der Waals surface area contributed by atoms with E-state index in [2.05, 4.69) is 26.2 Å². The van der Waals surface area contributed by atoms with Crippen molar-refractivity contribution in [1.29, 1.82) is 0 Å². The fraction of sp³-hybridized carbons (Fsp3) is 0.308. The van der Waals surface area contributed by atoms with Crippen LogP contribution < -0.4 is 0 Å². The molecular weight excluding hydrogens is 310 g/mol. The van der Waals surface area contributed by atoms with E-state index in [0.29, 0.717) is 6.42 Å². The Morgan fingerprint density at radius 3 is 2.68 bits per heavy atom. The number of rotatable bonds is 6. The Morgan fingerprint density at radius 1 is 1.26 bits per heavy atom. The summed E-state index contributed by atoms with van der Waals surface area (Å²) >= 11 is 3.38. The number of halogens is 1. The summed E-state index contributed by atoms with van der Waals surface area (Å²) < 4.78 is 2.74. The molecule has 1 heterocycles. The quantitative estimate of drug-likeness (QED) is 0.830. The van der Waals surface area contributed by atoms with Crippen LogP contribution >= 0.6 is 15.9 Å². The van der Waals surface area contributed by atoms with Crippen molar-refractivity contribution in [1.82, 2.24) is 15.0 Å². The number of hydrogen-bond donors (Lipinski definition) is 1. The Labute approximate surface area is 119 Å². The molecular formula is C13H14BrN3O2. The zero-order chi connectivity index (χ0) is 13.7. The van der Waals surface area contributed by atoms with Gasteiger partial charge in [-0.1, -0.05) is 21.1 Å². The fourth-order valence-corrected chi connectivity index (χ4v) is 1.98. The summed E-state index contributed by atoms with van der Waals surface area (Å²) in [7, 11) is 0. The zero-order valence-electron chi connectivity index (χ0n) is 10.3. The van der Waals surface area contributed by atoms with Gasteiger partial charge < -0.3 is 5.11 Å². The average Bonchev–Trinajstić information content (AvgIpc) is 2.84. The van der Waals surface area contributed by atoms with Crippen LogP contribution in [0.2, 0.25) is 0 Å². The number of unbranched alkanes of at least 4 members (excludes halogenated alkanes) is 1. The molecule has 0 fully saturated rings. The number of benzene rings is 1. The van der Waals surface area contributed by atoms with Crippen LogP contribution in [0.5, 0.6) is 0 Å². The largest absolute Gasteiger partial charge is 0.481 e. The summed E-state index contributed by atoms with van der Waals surface area (Å²) in [6, 6.07) is 7.80. The molecule has 1 aromatic carbocycles. The van der Waals surface area contributed by atoms with Crippen LogP contribution in [0.3, 0.4) is 0 Å². The molecule has 0 spiro atoms. The van der Waals surface area contributed by atoms with Gasteiger partial charge in [0.2, 0.25) is 0 Å². The van der Waals surface area contributed by atoms with Crippen molar-refractivity contribution >= 4 is 21.9 Å². The van der Waals surface area contributed by atoms with Crippen molar-refractivity contribution in [3.63, 3.8) is 0 Å². The number of carboxylic acids is 1. The highest BCUT2D eigenvalue weighted by Crippen LogP contribution is 2.14. The lowest BCUT2D eigenvalue weighted by Gasteiger charge is -1.99. The highest BCUT2D eigenvalue weighted by atomic mass is 79.9. The second-order valence-electron chi connectivity index (χ2n) is 4.23. The molecule has 6 heteroatoms. The molecule has 0 aliphatic rings. The standard InChI is InChI=1S/C13H14BrN3O2/c14-10-5-7-12(8-6-10)17-9-11(15-16-17)3-1-2-4-13(18)19/h5-9H,1-4H2,(H,18,19). The van der Waals surface area contributed by atoms with Gasteiger partial charge in [-0.2, -0.15) is 0 Å². The molecule has 5 nitrogen and oxygen atoms in total. The molecule has 19 heavy (non-hydrogen) atoms. The number of nitrogens with zero attached hydrogens (tertiary/aromatic N) is 3. The van der Waals surface area contributed by atoms with Crippen LogP contribution in [0.25, 0.3) is 5.69 Å². The van der Waals surface area contributed by atoms with E-state index in [-0.39, 0.29) is 6.42 Å². The molecule has 0 bridgehead atoms. The van der Waals surface area contributed by atoms with Crippen LogP contribution in [0, 0.1) is 0 Å². The van der Waals surface area contributed by atoms with Gasteiger partial charge in [-0.05, 0) is 43.5 Å². The minimum absolute atomic E-state index is 0.209. The Balaban J connectivity index is 1.91. The van der Waals surface area contributed by atoms with Crippen LogP contribution in [0.15, 0.2) is 34.9 Å². The molecule has 0 atom stereocenters. The van der Waals surface area contributed by atoms with E-state index in [9.17, 15) is 4.79 Å². The third-order valence-corrected chi connectivity index (χ3v) is 3.23. The van der Waals surface area contributed by atoms with Gasteiger partial charge in [-0.3, -0.25) is 4.79 Å². The van der Waals surface area contributed by atoms with Gasteiger partial charge in [0.25, 0.3) is 0 Å². The van der Waals surface area contributed by atoms with E-state index in [4.69, 9.17) is 5.11 Å². The Hall–Kier alpha value is -1.69. The van der Waals surface area contributed by atoms with Gasteiger partial charge in [0.05, 0.1) is 17.6 Å². The van der Waals surface area contributed by atoms with Crippen molar-refractivity contribution in [2.75, 3.05) is 0 Å². The summed E-state index contributed by atoms with van der Waals surface area (Å²) in [6.45, 7) is 0. The monoisotopic (exact) mass is 323 g/mol. The van der Waals surface area contributed by atoms with Gasteiger partial charge >= 0.3 is 5.97 Å². The second-order valence-corrected chi connectivity index (χ2v) is 5.15. The van der Waals surface area contributed by atoms with Gasteiger partial charge in [0, 0.05) is 10.9 Å². The maximum absolute atomic E-state index is 10.4. The third kappa shape index (κ3) is 4.17. The summed E-state index contributed by atoms with van der Waals surface area (Å²) in [6.07, 6.45) is 4.32.